The molecular formula is C21H18Cl2FN3O2. The van der Waals surface area contributed by atoms with E-state index >= 15 is 0 Å². The van der Waals surface area contributed by atoms with E-state index in [0.29, 0.717) is 11.1 Å². The Balaban J connectivity index is 2.03. The topological polar surface area (TPSA) is 63.1 Å². The van der Waals surface area contributed by atoms with Crippen LogP contribution in [0.5, 0.6) is 0 Å². The van der Waals surface area contributed by atoms with Crippen molar-refractivity contribution >= 4 is 45.6 Å². The summed E-state index contributed by atoms with van der Waals surface area (Å²) in [5, 5.41) is 7.30. The zero-order valence-electron chi connectivity index (χ0n) is 15.5. The van der Waals surface area contributed by atoms with Crippen LogP contribution in [-0.4, -0.2) is 17.0 Å². The molecule has 0 aliphatic carbocycles. The number of hydrogen-bond donors (Lipinski definition) is 2. The van der Waals surface area contributed by atoms with E-state index < -0.39 is 17.8 Å². The van der Waals surface area contributed by atoms with Gasteiger partial charge in [-0.25, -0.2) is 4.39 Å². The van der Waals surface area contributed by atoms with Gasteiger partial charge in [0.25, 0.3) is 5.56 Å². The highest BCUT2D eigenvalue weighted by molar-refractivity contribution is 6.42. The molecule has 2 N–H and O–H groups in total. The minimum Gasteiger partial charge on any atom is -0.376 e. The smallest absolute Gasteiger partial charge is 0.258 e. The number of halogens is 3. The number of benzene rings is 2. The number of nitrogens with one attached hydrogen (secondary N) is 2. The molecule has 3 aromatic rings. The Morgan fingerprint density at radius 3 is 2.76 bits per heavy atom. The molecule has 1 atom stereocenters. The molecule has 0 aliphatic rings. The number of aromatic nitrogens is 1. The van der Waals surface area contributed by atoms with Crippen molar-refractivity contribution in [3.8, 4) is 0 Å². The van der Waals surface area contributed by atoms with Crippen molar-refractivity contribution in [2.45, 2.75) is 6.04 Å². The summed E-state index contributed by atoms with van der Waals surface area (Å²) in [5.74, 6) is -0.982. The number of aryl methyl sites for hydroxylation is 1. The molecule has 0 aliphatic heterocycles. The van der Waals surface area contributed by atoms with E-state index in [2.05, 4.69) is 17.2 Å². The normalized spacial score (nSPS) is 11.9. The molecule has 5 nitrogen and oxygen atoms in total. The maximum absolute atomic E-state index is 14.6. The van der Waals surface area contributed by atoms with Crippen molar-refractivity contribution in [3.05, 3.63) is 87.0 Å². The molecule has 2 aromatic carbocycles. The first-order chi connectivity index (χ1) is 13.8. The van der Waals surface area contributed by atoms with Crippen LogP contribution < -0.4 is 16.2 Å². The molecule has 1 unspecified atom stereocenters. The zero-order valence-corrected chi connectivity index (χ0v) is 17.0. The minimum absolute atomic E-state index is 0.0205. The van der Waals surface area contributed by atoms with Crippen molar-refractivity contribution in [2.75, 3.05) is 11.9 Å². The van der Waals surface area contributed by atoms with Crippen LogP contribution in [-0.2, 0) is 11.8 Å². The fourth-order valence-corrected chi connectivity index (χ4v) is 3.44. The van der Waals surface area contributed by atoms with Crippen molar-refractivity contribution in [3.63, 3.8) is 0 Å². The predicted molar refractivity (Wildman–Crippen MR) is 115 cm³/mol. The van der Waals surface area contributed by atoms with Gasteiger partial charge >= 0.3 is 0 Å². The first-order valence-corrected chi connectivity index (χ1v) is 9.47. The standard InChI is InChI=1S/C21H18Cl2FN3O2/c1-3-18(28)25-11-17(19-16(24)7-6-15(22)20(19)23)26-13-5-4-12-8-9-27(2)21(29)14(12)10-13/h3-10,17,26H,1,11H2,2H3,(H,25,28). The second-order valence-electron chi connectivity index (χ2n) is 6.44. The third-order valence-corrected chi connectivity index (χ3v) is 5.34. The summed E-state index contributed by atoms with van der Waals surface area (Å²) in [6.45, 7) is 3.43. The SMILES string of the molecule is C=CC(=O)NCC(Nc1ccc2ccn(C)c(=O)c2c1)c1c(F)ccc(Cl)c1Cl. The van der Waals surface area contributed by atoms with Gasteiger partial charge in [0.2, 0.25) is 5.91 Å². The van der Waals surface area contributed by atoms with Gasteiger partial charge in [-0.3, -0.25) is 9.59 Å². The van der Waals surface area contributed by atoms with E-state index in [1.165, 1.54) is 16.7 Å². The minimum atomic E-state index is -0.741. The van der Waals surface area contributed by atoms with Gasteiger partial charge in [0, 0.05) is 36.4 Å². The van der Waals surface area contributed by atoms with Gasteiger partial charge in [-0.1, -0.05) is 35.8 Å². The Labute approximate surface area is 176 Å². The maximum Gasteiger partial charge on any atom is 0.258 e. The number of carbonyl (C=O) groups is 1. The molecule has 1 heterocycles. The summed E-state index contributed by atoms with van der Waals surface area (Å²) in [6, 6.07) is 8.89. The lowest BCUT2D eigenvalue weighted by molar-refractivity contribution is -0.116. The first-order valence-electron chi connectivity index (χ1n) is 8.71. The number of rotatable bonds is 6. The maximum atomic E-state index is 14.6. The number of nitrogens with zero attached hydrogens (tertiary/aromatic N) is 1. The molecule has 1 amide bonds. The van der Waals surface area contributed by atoms with Gasteiger partial charge < -0.3 is 15.2 Å². The molecule has 1 aromatic heterocycles. The van der Waals surface area contributed by atoms with E-state index in [1.807, 2.05) is 6.07 Å². The number of carbonyl (C=O) groups excluding carboxylic acids is 1. The fraction of sp³-hybridized carbons (Fsp3) is 0.143. The summed E-state index contributed by atoms with van der Waals surface area (Å²) in [4.78, 5) is 24.1. The largest absolute Gasteiger partial charge is 0.376 e. The van der Waals surface area contributed by atoms with Gasteiger partial charge in [0.15, 0.2) is 0 Å². The van der Waals surface area contributed by atoms with E-state index in [-0.39, 0.29) is 27.7 Å². The fourth-order valence-electron chi connectivity index (χ4n) is 2.99. The van der Waals surface area contributed by atoms with Crippen LogP contribution in [0, 0.1) is 5.82 Å². The average molecular weight is 434 g/mol. The highest BCUT2D eigenvalue weighted by Crippen LogP contribution is 2.34. The Morgan fingerprint density at radius 2 is 2.03 bits per heavy atom. The van der Waals surface area contributed by atoms with Gasteiger partial charge in [0.05, 0.1) is 16.1 Å². The van der Waals surface area contributed by atoms with Crippen molar-refractivity contribution in [1.82, 2.24) is 9.88 Å². The molecular weight excluding hydrogens is 416 g/mol. The highest BCUT2D eigenvalue weighted by Gasteiger charge is 2.22. The number of fused-ring (bicyclic) bond motifs is 1. The van der Waals surface area contributed by atoms with Crippen LogP contribution in [0.2, 0.25) is 10.0 Å². The molecule has 3 rings (SSSR count). The second kappa shape index (κ2) is 8.68. The third-order valence-electron chi connectivity index (χ3n) is 4.52. The Morgan fingerprint density at radius 1 is 1.28 bits per heavy atom. The van der Waals surface area contributed by atoms with Gasteiger partial charge in [-0.2, -0.15) is 0 Å². The second-order valence-corrected chi connectivity index (χ2v) is 7.22. The summed E-state index contributed by atoms with van der Waals surface area (Å²) in [5.41, 5.74) is 0.522. The Bertz CT molecular complexity index is 1160. The molecule has 150 valence electrons. The van der Waals surface area contributed by atoms with Crippen LogP contribution in [0.15, 0.2) is 60.0 Å². The van der Waals surface area contributed by atoms with Crippen molar-refractivity contribution in [1.29, 1.82) is 0 Å². The Kier molecular flexibility index (Phi) is 6.25. The lowest BCUT2D eigenvalue weighted by Gasteiger charge is -2.23. The first kappa shape index (κ1) is 20.9. The summed E-state index contributed by atoms with van der Waals surface area (Å²) >= 11 is 12.3. The van der Waals surface area contributed by atoms with Gasteiger partial charge in [-0.15, -0.1) is 0 Å². The van der Waals surface area contributed by atoms with Crippen LogP contribution in [0.25, 0.3) is 10.8 Å². The molecule has 8 heteroatoms. The van der Waals surface area contributed by atoms with E-state index in [0.717, 1.165) is 11.5 Å². The molecule has 0 saturated carbocycles. The average Bonchev–Trinajstić information content (AvgIpc) is 2.71. The molecule has 0 bridgehead atoms. The number of anilines is 1. The summed E-state index contributed by atoms with van der Waals surface area (Å²) < 4.78 is 16.1. The van der Waals surface area contributed by atoms with Crippen LogP contribution in [0.3, 0.4) is 0 Å². The lowest BCUT2D eigenvalue weighted by Crippen LogP contribution is -2.31. The van der Waals surface area contributed by atoms with E-state index in [9.17, 15) is 14.0 Å². The number of amides is 1. The molecule has 0 saturated heterocycles. The third kappa shape index (κ3) is 4.44. The predicted octanol–water partition coefficient (Wildman–Crippen LogP) is 4.44. The van der Waals surface area contributed by atoms with Gasteiger partial charge in [0.1, 0.15) is 5.82 Å². The molecule has 29 heavy (non-hydrogen) atoms. The van der Waals surface area contributed by atoms with Crippen LogP contribution in [0.4, 0.5) is 10.1 Å². The number of hydrogen-bond acceptors (Lipinski definition) is 3. The summed E-state index contributed by atoms with van der Waals surface area (Å²) in [6.07, 6.45) is 2.80. The molecule has 0 fully saturated rings. The summed E-state index contributed by atoms with van der Waals surface area (Å²) in [7, 11) is 1.66. The monoisotopic (exact) mass is 433 g/mol. The van der Waals surface area contributed by atoms with Crippen LogP contribution in [0.1, 0.15) is 11.6 Å². The zero-order chi connectivity index (χ0) is 21.1. The quantitative estimate of drug-likeness (QED) is 0.446. The molecule has 0 spiro atoms. The highest BCUT2D eigenvalue weighted by atomic mass is 35.5. The van der Waals surface area contributed by atoms with Gasteiger partial charge in [-0.05, 0) is 41.8 Å². The lowest BCUT2D eigenvalue weighted by atomic mass is 10.0. The van der Waals surface area contributed by atoms with Crippen molar-refractivity contribution < 1.29 is 9.18 Å². The number of pyridine rings is 1. The van der Waals surface area contributed by atoms with Crippen molar-refractivity contribution in [2.24, 2.45) is 7.05 Å². The van der Waals surface area contributed by atoms with E-state index in [4.69, 9.17) is 23.2 Å². The molecule has 0 radical (unpaired) electrons. The Hall–Kier alpha value is -2.83. The van der Waals surface area contributed by atoms with Crippen LogP contribution >= 0.6 is 23.2 Å². The van der Waals surface area contributed by atoms with E-state index in [1.54, 1.807) is 31.4 Å².